The lowest BCUT2D eigenvalue weighted by atomic mass is 9.79. The number of hydrogen-bond acceptors (Lipinski definition) is 3. The molecule has 1 spiro atoms. The summed E-state index contributed by atoms with van der Waals surface area (Å²) in [5.74, 6) is 2.61. The summed E-state index contributed by atoms with van der Waals surface area (Å²) >= 11 is 0. The van der Waals surface area contributed by atoms with Crippen LogP contribution >= 0.6 is 0 Å². The molecule has 1 saturated carbocycles. The summed E-state index contributed by atoms with van der Waals surface area (Å²) in [5.41, 5.74) is 0.0656. The zero-order chi connectivity index (χ0) is 11.9. The highest BCUT2D eigenvalue weighted by atomic mass is 16.6. The van der Waals surface area contributed by atoms with Crippen LogP contribution in [0.4, 0.5) is 0 Å². The second-order valence-corrected chi connectivity index (χ2v) is 6.28. The van der Waals surface area contributed by atoms with E-state index >= 15 is 0 Å². The van der Waals surface area contributed by atoms with Gasteiger partial charge in [-0.1, -0.05) is 6.92 Å². The maximum atomic E-state index is 6.03. The first-order valence-electron chi connectivity index (χ1n) is 7.13. The molecule has 2 heterocycles. The maximum absolute atomic E-state index is 6.03. The SMILES string of the molecule is CNC(C1CCOC2(CCOC2)C1)C1CC1C. The molecular weight excluding hydrogens is 214 g/mol. The molecular formula is C14H25NO2. The Morgan fingerprint density at radius 1 is 1.35 bits per heavy atom. The molecule has 3 nitrogen and oxygen atoms in total. The quantitative estimate of drug-likeness (QED) is 0.815. The van der Waals surface area contributed by atoms with E-state index in [-0.39, 0.29) is 5.60 Å². The van der Waals surface area contributed by atoms with Crippen molar-refractivity contribution in [2.75, 3.05) is 26.9 Å². The van der Waals surface area contributed by atoms with E-state index in [9.17, 15) is 0 Å². The highest BCUT2D eigenvalue weighted by Gasteiger charge is 2.47. The van der Waals surface area contributed by atoms with Gasteiger partial charge < -0.3 is 14.8 Å². The van der Waals surface area contributed by atoms with Crippen LogP contribution in [0.15, 0.2) is 0 Å². The summed E-state index contributed by atoms with van der Waals surface area (Å²) in [6, 6.07) is 0.700. The van der Waals surface area contributed by atoms with E-state index in [0.717, 1.165) is 44.0 Å². The fourth-order valence-electron chi connectivity index (χ4n) is 3.89. The van der Waals surface area contributed by atoms with Crippen molar-refractivity contribution in [1.29, 1.82) is 0 Å². The normalized spacial score (nSPS) is 47.3. The van der Waals surface area contributed by atoms with Gasteiger partial charge >= 0.3 is 0 Å². The van der Waals surface area contributed by atoms with Crippen molar-refractivity contribution in [3.63, 3.8) is 0 Å². The summed E-state index contributed by atoms with van der Waals surface area (Å²) in [5, 5.41) is 3.57. The summed E-state index contributed by atoms with van der Waals surface area (Å²) in [4.78, 5) is 0. The third kappa shape index (κ3) is 2.25. The smallest absolute Gasteiger partial charge is 0.0939 e. The molecule has 2 aliphatic heterocycles. The van der Waals surface area contributed by atoms with E-state index < -0.39 is 0 Å². The van der Waals surface area contributed by atoms with Crippen molar-refractivity contribution in [2.45, 2.75) is 44.2 Å². The molecule has 2 saturated heterocycles. The predicted molar refractivity (Wildman–Crippen MR) is 67.0 cm³/mol. The van der Waals surface area contributed by atoms with Gasteiger partial charge in [-0.2, -0.15) is 0 Å². The second kappa shape index (κ2) is 4.52. The third-order valence-corrected chi connectivity index (χ3v) is 5.07. The second-order valence-electron chi connectivity index (χ2n) is 6.28. The molecule has 1 aliphatic carbocycles. The third-order valence-electron chi connectivity index (χ3n) is 5.07. The van der Waals surface area contributed by atoms with Crippen LogP contribution in [0.1, 0.15) is 32.6 Å². The average molecular weight is 239 g/mol. The van der Waals surface area contributed by atoms with Crippen molar-refractivity contribution in [3.05, 3.63) is 0 Å². The molecule has 3 heteroatoms. The van der Waals surface area contributed by atoms with Crippen LogP contribution in [0.2, 0.25) is 0 Å². The van der Waals surface area contributed by atoms with Crippen molar-refractivity contribution in [3.8, 4) is 0 Å². The van der Waals surface area contributed by atoms with Gasteiger partial charge in [0.1, 0.15) is 0 Å². The predicted octanol–water partition coefficient (Wildman–Crippen LogP) is 1.82. The minimum absolute atomic E-state index is 0.0656. The topological polar surface area (TPSA) is 30.5 Å². The van der Waals surface area contributed by atoms with Crippen molar-refractivity contribution < 1.29 is 9.47 Å². The minimum Gasteiger partial charge on any atom is -0.378 e. The highest BCUT2D eigenvalue weighted by Crippen LogP contribution is 2.46. The largest absolute Gasteiger partial charge is 0.378 e. The first-order valence-corrected chi connectivity index (χ1v) is 7.13. The monoisotopic (exact) mass is 239 g/mol. The lowest BCUT2D eigenvalue weighted by Gasteiger charge is -2.40. The van der Waals surface area contributed by atoms with E-state index in [1.165, 1.54) is 19.3 Å². The Kier molecular flexibility index (Phi) is 3.18. The van der Waals surface area contributed by atoms with Gasteiger partial charge in [0.25, 0.3) is 0 Å². The molecule has 0 radical (unpaired) electrons. The van der Waals surface area contributed by atoms with Gasteiger partial charge in [0.2, 0.25) is 0 Å². The van der Waals surface area contributed by atoms with Crippen LogP contribution in [-0.4, -0.2) is 38.5 Å². The van der Waals surface area contributed by atoms with E-state index in [1.807, 2.05) is 0 Å². The summed E-state index contributed by atoms with van der Waals surface area (Å²) < 4.78 is 11.6. The van der Waals surface area contributed by atoms with Crippen molar-refractivity contribution in [1.82, 2.24) is 5.32 Å². The van der Waals surface area contributed by atoms with Gasteiger partial charge in [0, 0.05) is 25.7 Å². The van der Waals surface area contributed by atoms with Gasteiger partial charge in [-0.25, -0.2) is 0 Å². The van der Waals surface area contributed by atoms with Crippen LogP contribution < -0.4 is 5.32 Å². The standard InChI is InChI=1S/C14H25NO2/c1-10-7-12(10)13(15-2)11-3-5-17-14(8-11)4-6-16-9-14/h10-13,15H,3-9H2,1-2H3. The average Bonchev–Trinajstić information content (AvgIpc) is 2.87. The highest BCUT2D eigenvalue weighted by molar-refractivity contribution is 5.00. The minimum atomic E-state index is 0.0656. The Hall–Kier alpha value is -0.120. The molecule has 5 atom stereocenters. The van der Waals surface area contributed by atoms with Crippen LogP contribution in [0.25, 0.3) is 0 Å². The molecule has 17 heavy (non-hydrogen) atoms. The molecule has 0 aromatic carbocycles. The number of ether oxygens (including phenoxy) is 2. The van der Waals surface area contributed by atoms with Crippen molar-refractivity contribution in [2.24, 2.45) is 17.8 Å². The zero-order valence-electron chi connectivity index (χ0n) is 11.1. The van der Waals surface area contributed by atoms with Crippen molar-refractivity contribution >= 4 is 0 Å². The molecule has 3 fully saturated rings. The van der Waals surface area contributed by atoms with Gasteiger partial charge in [-0.05, 0) is 44.1 Å². The molecule has 3 rings (SSSR count). The van der Waals surface area contributed by atoms with E-state index in [2.05, 4.69) is 19.3 Å². The number of nitrogens with one attached hydrogen (secondary N) is 1. The fraction of sp³-hybridized carbons (Fsp3) is 1.00. The Bertz CT molecular complexity index is 275. The van der Waals surface area contributed by atoms with E-state index in [4.69, 9.17) is 9.47 Å². The zero-order valence-corrected chi connectivity index (χ0v) is 11.1. The summed E-state index contributed by atoms with van der Waals surface area (Å²) in [6.45, 7) is 5.01. The fourth-order valence-corrected chi connectivity index (χ4v) is 3.89. The molecule has 0 bridgehead atoms. The lowest BCUT2D eigenvalue weighted by molar-refractivity contribution is -0.104. The van der Waals surface area contributed by atoms with Crippen LogP contribution in [-0.2, 0) is 9.47 Å². The molecule has 0 aromatic heterocycles. The first-order chi connectivity index (χ1) is 8.24. The number of rotatable bonds is 3. The van der Waals surface area contributed by atoms with Gasteiger partial charge in [0.05, 0.1) is 12.2 Å². The van der Waals surface area contributed by atoms with Gasteiger partial charge in [-0.15, -0.1) is 0 Å². The Morgan fingerprint density at radius 2 is 2.18 bits per heavy atom. The lowest BCUT2D eigenvalue weighted by Crippen LogP contribution is -2.47. The molecule has 0 amide bonds. The first kappa shape index (κ1) is 11.9. The van der Waals surface area contributed by atoms with Gasteiger partial charge in [-0.3, -0.25) is 0 Å². The van der Waals surface area contributed by atoms with E-state index in [0.29, 0.717) is 6.04 Å². The summed E-state index contributed by atoms with van der Waals surface area (Å²) in [7, 11) is 2.13. The molecule has 1 N–H and O–H groups in total. The Labute approximate surface area is 104 Å². The Morgan fingerprint density at radius 3 is 2.76 bits per heavy atom. The van der Waals surface area contributed by atoms with Gasteiger partial charge in [0.15, 0.2) is 0 Å². The van der Waals surface area contributed by atoms with E-state index in [1.54, 1.807) is 0 Å². The number of hydrogen-bond donors (Lipinski definition) is 1. The molecule has 5 unspecified atom stereocenters. The summed E-state index contributed by atoms with van der Waals surface area (Å²) in [6.07, 6.45) is 4.92. The maximum Gasteiger partial charge on any atom is 0.0939 e. The van der Waals surface area contributed by atoms with Crippen LogP contribution in [0, 0.1) is 17.8 Å². The Balaban J connectivity index is 1.66. The molecule has 98 valence electrons. The molecule has 0 aromatic rings. The molecule has 3 aliphatic rings. The van der Waals surface area contributed by atoms with Crippen LogP contribution in [0.3, 0.4) is 0 Å². The van der Waals surface area contributed by atoms with Crippen LogP contribution in [0.5, 0.6) is 0 Å².